The van der Waals surface area contributed by atoms with Crippen LogP contribution in [-0.4, -0.2) is 0 Å². The molecule has 2 aromatic carbocycles. The summed E-state index contributed by atoms with van der Waals surface area (Å²) < 4.78 is 26.8. The van der Waals surface area contributed by atoms with Crippen LogP contribution in [0.4, 0.5) is 14.5 Å². The largest absolute Gasteiger partial charge is 0.394 e. The first-order valence-electron chi connectivity index (χ1n) is 4.69. The zero-order valence-electron chi connectivity index (χ0n) is 8.48. The third-order valence-electron chi connectivity index (χ3n) is 2.35. The van der Waals surface area contributed by atoms with Gasteiger partial charge in [0.05, 0.1) is 0 Å². The van der Waals surface area contributed by atoms with E-state index >= 15 is 0 Å². The van der Waals surface area contributed by atoms with Crippen LogP contribution in [-0.2, 0) is 0 Å². The van der Waals surface area contributed by atoms with Crippen LogP contribution in [0.5, 0.6) is 0 Å². The van der Waals surface area contributed by atoms with Crippen LogP contribution in [0.25, 0.3) is 11.1 Å². The minimum absolute atomic E-state index is 0.122. The second-order valence-corrected chi connectivity index (χ2v) is 4.29. The van der Waals surface area contributed by atoms with Crippen molar-refractivity contribution in [1.82, 2.24) is 0 Å². The van der Waals surface area contributed by atoms with Crippen molar-refractivity contribution in [3.63, 3.8) is 0 Å². The Balaban J connectivity index is 2.69. The van der Waals surface area contributed by atoms with Gasteiger partial charge in [-0.05, 0) is 30.3 Å². The summed E-state index contributed by atoms with van der Waals surface area (Å²) in [6.45, 7) is 0. The molecule has 0 spiro atoms. The predicted molar refractivity (Wildman–Crippen MR) is 66.2 cm³/mol. The van der Waals surface area contributed by atoms with Gasteiger partial charge >= 0.3 is 0 Å². The van der Waals surface area contributed by atoms with Crippen molar-refractivity contribution in [3.05, 3.63) is 52.0 Å². The molecule has 2 N–H and O–H groups in total. The molecule has 0 aliphatic rings. The Bertz CT molecular complexity index is 585. The maximum atomic E-state index is 13.8. The van der Waals surface area contributed by atoms with Gasteiger partial charge in [-0.15, -0.1) is 0 Å². The van der Waals surface area contributed by atoms with E-state index in [2.05, 4.69) is 0 Å². The average Bonchev–Trinajstić information content (AvgIpc) is 2.30. The van der Waals surface area contributed by atoms with Gasteiger partial charge in [-0.2, -0.15) is 0 Å². The summed E-state index contributed by atoms with van der Waals surface area (Å²) >= 11 is 11.7. The molecule has 0 radical (unpaired) electrons. The molecule has 0 bridgehead atoms. The van der Waals surface area contributed by atoms with Crippen molar-refractivity contribution in [3.8, 4) is 11.1 Å². The molecule has 0 aliphatic carbocycles. The first-order chi connectivity index (χ1) is 8.00. The lowest BCUT2D eigenvalue weighted by molar-refractivity contribution is 0.594. The summed E-state index contributed by atoms with van der Waals surface area (Å²) in [6, 6.07) is 6.99. The molecule has 0 atom stereocenters. The van der Waals surface area contributed by atoms with E-state index in [1.807, 2.05) is 0 Å². The lowest BCUT2D eigenvalue weighted by Gasteiger charge is -2.08. The Morgan fingerprint density at radius 3 is 2.35 bits per heavy atom. The molecule has 0 unspecified atom stereocenters. The lowest BCUT2D eigenvalue weighted by atomic mass is 10.0. The summed E-state index contributed by atoms with van der Waals surface area (Å²) in [4.78, 5) is 0. The van der Waals surface area contributed by atoms with Gasteiger partial charge in [0.2, 0.25) is 0 Å². The quantitative estimate of drug-likeness (QED) is 0.760. The first-order valence-corrected chi connectivity index (χ1v) is 5.45. The molecule has 5 heteroatoms. The van der Waals surface area contributed by atoms with Crippen LogP contribution in [0.1, 0.15) is 0 Å². The van der Waals surface area contributed by atoms with Gasteiger partial charge in [0.25, 0.3) is 0 Å². The van der Waals surface area contributed by atoms with E-state index in [0.29, 0.717) is 15.6 Å². The first kappa shape index (κ1) is 12.1. The van der Waals surface area contributed by atoms with Crippen molar-refractivity contribution < 1.29 is 8.78 Å². The normalized spacial score (nSPS) is 10.6. The van der Waals surface area contributed by atoms with Gasteiger partial charge in [0.1, 0.15) is 11.5 Å². The standard InChI is InChI=1S/C12H7Cl2F2N/c13-6-1-3-9(14)8(5-6)7-2-4-10(15)12(17)11(7)16/h1-5H,17H2. The van der Waals surface area contributed by atoms with Crippen molar-refractivity contribution in [2.45, 2.75) is 0 Å². The minimum Gasteiger partial charge on any atom is -0.394 e. The zero-order chi connectivity index (χ0) is 12.6. The van der Waals surface area contributed by atoms with Crippen molar-refractivity contribution in [2.24, 2.45) is 0 Å². The van der Waals surface area contributed by atoms with Crippen LogP contribution in [0.2, 0.25) is 10.0 Å². The van der Waals surface area contributed by atoms with Crippen LogP contribution in [0.15, 0.2) is 30.3 Å². The van der Waals surface area contributed by atoms with Gasteiger partial charge in [0.15, 0.2) is 5.82 Å². The van der Waals surface area contributed by atoms with Crippen LogP contribution < -0.4 is 5.73 Å². The molecule has 0 fully saturated rings. The van der Waals surface area contributed by atoms with Crippen molar-refractivity contribution in [1.29, 1.82) is 0 Å². The molecule has 17 heavy (non-hydrogen) atoms. The fourth-order valence-corrected chi connectivity index (χ4v) is 1.87. The van der Waals surface area contributed by atoms with Gasteiger partial charge in [-0.25, -0.2) is 8.78 Å². The molecule has 1 nitrogen and oxygen atoms in total. The van der Waals surface area contributed by atoms with Crippen molar-refractivity contribution in [2.75, 3.05) is 5.73 Å². The average molecular weight is 274 g/mol. The maximum absolute atomic E-state index is 13.8. The number of hydrogen-bond donors (Lipinski definition) is 1. The highest BCUT2D eigenvalue weighted by molar-refractivity contribution is 6.35. The number of rotatable bonds is 1. The number of nitrogens with two attached hydrogens (primary N) is 1. The summed E-state index contributed by atoms with van der Waals surface area (Å²) in [6.07, 6.45) is 0. The van der Waals surface area contributed by atoms with Gasteiger partial charge < -0.3 is 5.73 Å². The molecular weight excluding hydrogens is 267 g/mol. The number of halogens is 4. The monoisotopic (exact) mass is 273 g/mol. The van der Waals surface area contributed by atoms with Crippen LogP contribution in [0.3, 0.4) is 0 Å². The summed E-state index contributed by atoms with van der Waals surface area (Å²) in [5.74, 6) is -1.64. The third kappa shape index (κ3) is 2.21. The third-order valence-corrected chi connectivity index (χ3v) is 2.91. The molecule has 2 aromatic rings. The fourth-order valence-electron chi connectivity index (χ4n) is 1.48. The van der Waals surface area contributed by atoms with E-state index in [0.717, 1.165) is 6.07 Å². The highest BCUT2D eigenvalue weighted by atomic mass is 35.5. The fraction of sp³-hybridized carbons (Fsp3) is 0. The second-order valence-electron chi connectivity index (χ2n) is 3.45. The summed E-state index contributed by atoms with van der Waals surface area (Å²) in [7, 11) is 0. The highest BCUT2D eigenvalue weighted by Crippen LogP contribution is 2.34. The molecule has 0 aromatic heterocycles. The molecule has 88 valence electrons. The van der Waals surface area contributed by atoms with E-state index < -0.39 is 17.3 Å². The van der Waals surface area contributed by atoms with E-state index in [1.165, 1.54) is 18.2 Å². The molecule has 0 saturated heterocycles. The van der Waals surface area contributed by atoms with Crippen LogP contribution >= 0.6 is 23.2 Å². The molecule has 0 saturated carbocycles. The number of hydrogen-bond acceptors (Lipinski definition) is 1. The Hall–Kier alpha value is -1.32. The van der Waals surface area contributed by atoms with E-state index in [4.69, 9.17) is 28.9 Å². The molecule has 2 rings (SSSR count). The lowest BCUT2D eigenvalue weighted by Crippen LogP contribution is -1.97. The number of anilines is 1. The predicted octanol–water partition coefficient (Wildman–Crippen LogP) is 4.52. The van der Waals surface area contributed by atoms with E-state index in [-0.39, 0.29) is 5.56 Å². The van der Waals surface area contributed by atoms with Crippen LogP contribution in [0, 0.1) is 11.6 Å². The Morgan fingerprint density at radius 1 is 0.941 bits per heavy atom. The molecule has 0 heterocycles. The SMILES string of the molecule is Nc1c(F)ccc(-c2cc(Cl)ccc2Cl)c1F. The van der Waals surface area contributed by atoms with E-state index in [9.17, 15) is 8.78 Å². The van der Waals surface area contributed by atoms with Gasteiger partial charge in [-0.1, -0.05) is 23.2 Å². The Morgan fingerprint density at radius 2 is 1.65 bits per heavy atom. The maximum Gasteiger partial charge on any atom is 0.156 e. The summed E-state index contributed by atoms with van der Waals surface area (Å²) in [5.41, 5.74) is 5.25. The topological polar surface area (TPSA) is 26.0 Å². The second kappa shape index (κ2) is 4.51. The van der Waals surface area contributed by atoms with Crippen molar-refractivity contribution >= 4 is 28.9 Å². The number of nitrogen functional groups attached to an aromatic ring is 1. The Kier molecular flexibility index (Phi) is 3.22. The van der Waals surface area contributed by atoms with Gasteiger partial charge in [0, 0.05) is 21.2 Å². The molecule has 0 aliphatic heterocycles. The van der Waals surface area contributed by atoms with Gasteiger partial charge in [-0.3, -0.25) is 0 Å². The summed E-state index contributed by atoms with van der Waals surface area (Å²) in [5, 5.41) is 0.728. The molecular formula is C12H7Cl2F2N. The Labute approximate surface area is 107 Å². The smallest absolute Gasteiger partial charge is 0.156 e. The minimum atomic E-state index is -0.839. The highest BCUT2D eigenvalue weighted by Gasteiger charge is 2.14. The molecule has 0 amide bonds. The van der Waals surface area contributed by atoms with E-state index in [1.54, 1.807) is 6.07 Å². The zero-order valence-corrected chi connectivity index (χ0v) is 9.99. The number of benzene rings is 2.